The van der Waals surface area contributed by atoms with Crippen molar-refractivity contribution in [3.05, 3.63) is 59.7 Å². The highest BCUT2D eigenvalue weighted by Crippen LogP contribution is 2.44. The zero-order chi connectivity index (χ0) is 22.7. The summed E-state index contributed by atoms with van der Waals surface area (Å²) in [6, 6.07) is 16.0. The second-order valence-electron chi connectivity index (χ2n) is 7.86. The number of aliphatic carboxylic acids is 1. The number of ether oxygens (including phenoxy) is 2. The van der Waals surface area contributed by atoms with Gasteiger partial charge < -0.3 is 19.9 Å². The van der Waals surface area contributed by atoms with Crippen molar-refractivity contribution in [1.29, 1.82) is 0 Å². The van der Waals surface area contributed by atoms with Gasteiger partial charge in [0.05, 0.1) is 6.61 Å². The zero-order valence-electron chi connectivity index (χ0n) is 17.5. The molecule has 1 saturated carbocycles. The van der Waals surface area contributed by atoms with Crippen molar-refractivity contribution in [1.82, 2.24) is 10.8 Å². The molecule has 1 unspecified atom stereocenters. The fourth-order valence-electron chi connectivity index (χ4n) is 3.89. The molecular formula is C23H24N2O7. The molecule has 9 nitrogen and oxygen atoms in total. The summed E-state index contributed by atoms with van der Waals surface area (Å²) in [5.74, 6) is -2.00. The summed E-state index contributed by atoms with van der Waals surface area (Å²) in [6.07, 6.45) is -1.27. The number of fused-ring (bicyclic) bond motifs is 3. The molecule has 2 aromatic rings. The summed E-state index contributed by atoms with van der Waals surface area (Å²) in [4.78, 5) is 40.9. The number of nitrogens with one attached hydrogen (secondary N) is 2. The number of rotatable bonds is 9. The predicted molar refractivity (Wildman–Crippen MR) is 113 cm³/mol. The maximum absolute atomic E-state index is 12.5. The molecule has 168 valence electrons. The number of hydrogen-bond donors (Lipinski definition) is 3. The van der Waals surface area contributed by atoms with Crippen molar-refractivity contribution in [2.45, 2.75) is 30.4 Å². The number of alkyl carbamates (subject to hydrolysis) is 1. The van der Waals surface area contributed by atoms with Crippen LogP contribution in [0.25, 0.3) is 11.1 Å². The first-order chi connectivity index (χ1) is 15.4. The van der Waals surface area contributed by atoms with Crippen molar-refractivity contribution in [2.24, 2.45) is 0 Å². The van der Waals surface area contributed by atoms with Crippen LogP contribution in [-0.4, -0.2) is 55.0 Å². The normalized spacial score (nSPS) is 16.4. The van der Waals surface area contributed by atoms with Gasteiger partial charge in [0, 0.05) is 13.0 Å². The van der Waals surface area contributed by atoms with E-state index in [1.54, 1.807) is 0 Å². The Bertz CT molecular complexity index is 989. The van der Waals surface area contributed by atoms with Crippen molar-refractivity contribution in [3.8, 4) is 11.1 Å². The van der Waals surface area contributed by atoms with Gasteiger partial charge in [-0.3, -0.25) is 9.63 Å². The standard InChI is InChI=1S/C23H24N2O7/c1-30-13-19(20(26)27)32-25-21(28)23(10-11-23)24-22(29)31-12-18-16-8-4-2-6-14(16)15-7-3-5-9-17(15)18/h2-9,18-19H,10-13H2,1H3,(H,24,29)(H,25,28)(H,26,27). The van der Waals surface area contributed by atoms with Gasteiger partial charge in [0.15, 0.2) is 0 Å². The number of hydrogen-bond acceptors (Lipinski definition) is 6. The molecular weight excluding hydrogens is 416 g/mol. The average Bonchev–Trinajstić information content (AvgIpc) is 3.50. The predicted octanol–water partition coefficient (Wildman–Crippen LogP) is 2.21. The van der Waals surface area contributed by atoms with Gasteiger partial charge in [0.2, 0.25) is 6.10 Å². The van der Waals surface area contributed by atoms with Crippen molar-refractivity contribution in [3.63, 3.8) is 0 Å². The van der Waals surface area contributed by atoms with E-state index in [4.69, 9.17) is 19.4 Å². The van der Waals surface area contributed by atoms with Gasteiger partial charge in [-0.15, -0.1) is 0 Å². The monoisotopic (exact) mass is 440 g/mol. The van der Waals surface area contributed by atoms with E-state index < -0.39 is 29.6 Å². The summed E-state index contributed by atoms with van der Waals surface area (Å²) in [7, 11) is 1.32. The molecule has 0 spiro atoms. The number of hydroxylamine groups is 1. The summed E-state index contributed by atoms with van der Waals surface area (Å²) >= 11 is 0. The molecule has 0 aromatic heterocycles. The van der Waals surface area contributed by atoms with Gasteiger partial charge in [-0.05, 0) is 35.1 Å². The van der Waals surface area contributed by atoms with Crippen LogP contribution in [0.15, 0.2) is 48.5 Å². The van der Waals surface area contributed by atoms with E-state index in [2.05, 4.69) is 10.8 Å². The third kappa shape index (κ3) is 4.30. The first-order valence-electron chi connectivity index (χ1n) is 10.3. The molecule has 2 aromatic carbocycles. The summed E-state index contributed by atoms with van der Waals surface area (Å²) in [5.41, 5.74) is 5.36. The minimum Gasteiger partial charge on any atom is -0.479 e. The Morgan fingerprint density at radius 3 is 2.19 bits per heavy atom. The van der Waals surface area contributed by atoms with Gasteiger partial charge in [-0.25, -0.2) is 15.1 Å². The Morgan fingerprint density at radius 1 is 1.06 bits per heavy atom. The Morgan fingerprint density at radius 2 is 1.66 bits per heavy atom. The Balaban J connectivity index is 1.34. The Kier molecular flexibility index (Phi) is 6.11. The van der Waals surface area contributed by atoms with Crippen LogP contribution in [0.4, 0.5) is 4.79 Å². The van der Waals surface area contributed by atoms with Crippen molar-refractivity contribution >= 4 is 18.0 Å². The van der Waals surface area contributed by atoms with Gasteiger partial charge in [-0.2, -0.15) is 0 Å². The fourth-order valence-corrected chi connectivity index (χ4v) is 3.89. The molecule has 32 heavy (non-hydrogen) atoms. The lowest BCUT2D eigenvalue weighted by molar-refractivity contribution is -0.165. The van der Waals surface area contributed by atoms with Crippen LogP contribution < -0.4 is 10.8 Å². The smallest absolute Gasteiger partial charge is 0.408 e. The second-order valence-corrected chi connectivity index (χ2v) is 7.86. The van der Waals surface area contributed by atoms with Crippen molar-refractivity contribution in [2.75, 3.05) is 20.3 Å². The van der Waals surface area contributed by atoms with E-state index >= 15 is 0 Å². The van der Waals surface area contributed by atoms with Crippen LogP contribution in [-0.2, 0) is 23.9 Å². The van der Waals surface area contributed by atoms with E-state index in [9.17, 15) is 14.4 Å². The number of amides is 2. The number of methoxy groups -OCH3 is 1. The molecule has 0 radical (unpaired) electrons. The minimum atomic E-state index is -1.35. The molecule has 0 saturated heterocycles. The van der Waals surface area contributed by atoms with Crippen LogP contribution in [0, 0.1) is 0 Å². The number of carbonyl (C=O) groups is 3. The lowest BCUT2D eigenvalue weighted by Crippen LogP contribution is -2.50. The number of carboxylic acid groups (broad SMARTS) is 1. The highest BCUT2D eigenvalue weighted by molar-refractivity contribution is 5.92. The van der Waals surface area contributed by atoms with Crippen LogP contribution in [0.2, 0.25) is 0 Å². The third-order valence-electron chi connectivity index (χ3n) is 5.76. The summed E-state index contributed by atoms with van der Waals surface area (Å²) in [5, 5.41) is 11.6. The molecule has 9 heteroatoms. The van der Waals surface area contributed by atoms with Crippen molar-refractivity contribution < 1.29 is 33.8 Å². The van der Waals surface area contributed by atoms with Gasteiger partial charge in [0.1, 0.15) is 12.1 Å². The quantitative estimate of drug-likeness (QED) is 0.511. The molecule has 2 aliphatic rings. The largest absolute Gasteiger partial charge is 0.479 e. The first-order valence-corrected chi connectivity index (χ1v) is 10.3. The Hall–Kier alpha value is -3.43. The topological polar surface area (TPSA) is 123 Å². The molecule has 2 amide bonds. The van der Waals surface area contributed by atoms with Gasteiger partial charge >= 0.3 is 12.1 Å². The molecule has 0 heterocycles. The van der Waals surface area contributed by atoms with Crippen LogP contribution in [0.3, 0.4) is 0 Å². The van der Waals surface area contributed by atoms with E-state index in [0.29, 0.717) is 12.8 Å². The fraction of sp³-hybridized carbons (Fsp3) is 0.348. The van der Waals surface area contributed by atoms with E-state index in [-0.39, 0.29) is 19.1 Å². The zero-order valence-corrected chi connectivity index (χ0v) is 17.5. The first kappa shape index (κ1) is 21.8. The van der Waals surface area contributed by atoms with Gasteiger partial charge in [0.25, 0.3) is 5.91 Å². The maximum atomic E-state index is 12.5. The van der Waals surface area contributed by atoms with E-state index in [1.165, 1.54) is 7.11 Å². The lowest BCUT2D eigenvalue weighted by atomic mass is 9.98. The van der Waals surface area contributed by atoms with E-state index in [0.717, 1.165) is 22.3 Å². The lowest BCUT2D eigenvalue weighted by Gasteiger charge is -2.20. The molecule has 3 N–H and O–H groups in total. The third-order valence-corrected chi connectivity index (χ3v) is 5.76. The second kappa shape index (κ2) is 8.97. The van der Waals surface area contributed by atoms with Crippen LogP contribution >= 0.6 is 0 Å². The highest BCUT2D eigenvalue weighted by atomic mass is 16.7. The molecule has 1 fully saturated rings. The molecule has 0 aliphatic heterocycles. The number of carboxylic acids is 1. The minimum absolute atomic E-state index is 0.0918. The molecule has 0 bridgehead atoms. The molecule has 1 atom stereocenters. The molecule has 2 aliphatic carbocycles. The summed E-state index contributed by atoms with van der Waals surface area (Å²) in [6.45, 7) is -0.106. The Labute approximate surface area is 184 Å². The summed E-state index contributed by atoms with van der Waals surface area (Å²) < 4.78 is 10.2. The molecule has 4 rings (SSSR count). The van der Waals surface area contributed by atoms with Crippen LogP contribution in [0.5, 0.6) is 0 Å². The highest BCUT2D eigenvalue weighted by Gasteiger charge is 2.52. The SMILES string of the molecule is COCC(ONC(=O)C1(NC(=O)OCC2c3ccccc3-c3ccccc32)CC1)C(=O)O. The van der Waals surface area contributed by atoms with Crippen LogP contribution in [0.1, 0.15) is 29.9 Å². The van der Waals surface area contributed by atoms with E-state index in [1.807, 2.05) is 48.5 Å². The number of benzene rings is 2. The van der Waals surface area contributed by atoms with Gasteiger partial charge in [-0.1, -0.05) is 48.5 Å². The number of carbonyl (C=O) groups excluding carboxylic acids is 2. The maximum Gasteiger partial charge on any atom is 0.408 e. The average molecular weight is 440 g/mol.